The third kappa shape index (κ3) is 2.46. The summed E-state index contributed by atoms with van der Waals surface area (Å²) in [6, 6.07) is 8.75. The highest BCUT2D eigenvalue weighted by atomic mass is 16.7. The molecule has 0 aliphatic rings. The van der Waals surface area contributed by atoms with Gasteiger partial charge in [-0.2, -0.15) is 10.5 Å². The lowest BCUT2D eigenvalue weighted by molar-refractivity contribution is -0.0384. The lowest BCUT2D eigenvalue weighted by Gasteiger charge is -2.13. The molecule has 0 fully saturated rings. The van der Waals surface area contributed by atoms with Crippen LogP contribution in [-0.2, 0) is 4.74 Å². The van der Waals surface area contributed by atoms with E-state index in [1.54, 1.807) is 25.1 Å². The van der Waals surface area contributed by atoms with Gasteiger partial charge in [0.25, 0.3) is 0 Å². The average molecular weight is 202 g/mol. The summed E-state index contributed by atoms with van der Waals surface area (Å²) in [5.41, 5.74) is 0.544. The zero-order chi connectivity index (χ0) is 11.3. The molecule has 1 rings (SSSR count). The van der Waals surface area contributed by atoms with Crippen LogP contribution in [0.2, 0.25) is 0 Å². The fraction of sp³-hybridized carbons (Fsp3) is 0.273. The van der Waals surface area contributed by atoms with Crippen LogP contribution in [0.1, 0.15) is 18.1 Å². The summed E-state index contributed by atoms with van der Waals surface area (Å²) in [5, 5.41) is 17.7. The molecule has 1 atom stereocenters. The van der Waals surface area contributed by atoms with Crippen LogP contribution < -0.4 is 4.74 Å². The minimum absolute atomic E-state index is 0.240. The molecule has 76 valence electrons. The summed E-state index contributed by atoms with van der Waals surface area (Å²) in [7, 11) is 1.50. The normalized spacial score (nSPS) is 11.2. The SMILES string of the molecule is COC(C)Oc1cccc(C#N)c1C#N. The molecule has 0 aliphatic carbocycles. The second kappa shape index (κ2) is 4.99. The highest BCUT2D eigenvalue weighted by Gasteiger charge is 2.10. The number of nitrogens with zero attached hydrogens (tertiary/aromatic N) is 2. The lowest BCUT2D eigenvalue weighted by Crippen LogP contribution is -2.14. The van der Waals surface area contributed by atoms with Crippen LogP contribution in [0.4, 0.5) is 0 Å². The summed E-state index contributed by atoms with van der Waals surface area (Å²) in [4.78, 5) is 0. The quantitative estimate of drug-likeness (QED) is 0.701. The topological polar surface area (TPSA) is 66.0 Å². The minimum atomic E-state index is -0.453. The van der Waals surface area contributed by atoms with Crippen molar-refractivity contribution in [3.8, 4) is 17.9 Å². The van der Waals surface area contributed by atoms with Crippen molar-refractivity contribution < 1.29 is 9.47 Å². The molecule has 0 radical (unpaired) electrons. The van der Waals surface area contributed by atoms with E-state index in [0.29, 0.717) is 11.3 Å². The molecule has 0 saturated heterocycles. The maximum atomic E-state index is 8.89. The summed E-state index contributed by atoms with van der Waals surface area (Å²) >= 11 is 0. The molecule has 4 heteroatoms. The van der Waals surface area contributed by atoms with E-state index in [2.05, 4.69) is 0 Å². The zero-order valence-electron chi connectivity index (χ0n) is 8.52. The maximum Gasteiger partial charge on any atom is 0.196 e. The van der Waals surface area contributed by atoms with Crippen molar-refractivity contribution in [1.29, 1.82) is 10.5 Å². The Morgan fingerprint density at radius 1 is 1.27 bits per heavy atom. The van der Waals surface area contributed by atoms with Gasteiger partial charge >= 0.3 is 0 Å². The summed E-state index contributed by atoms with van der Waals surface area (Å²) < 4.78 is 10.2. The van der Waals surface area contributed by atoms with Crippen LogP contribution in [0.5, 0.6) is 5.75 Å². The van der Waals surface area contributed by atoms with E-state index in [4.69, 9.17) is 20.0 Å². The largest absolute Gasteiger partial charge is 0.464 e. The van der Waals surface area contributed by atoms with Crippen molar-refractivity contribution in [2.45, 2.75) is 13.2 Å². The highest BCUT2D eigenvalue weighted by molar-refractivity contribution is 5.53. The summed E-state index contributed by atoms with van der Waals surface area (Å²) in [6.45, 7) is 1.71. The Kier molecular flexibility index (Phi) is 3.68. The fourth-order valence-corrected chi connectivity index (χ4v) is 1.06. The number of ether oxygens (including phenoxy) is 2. The number of methoxy groups -OCH3 is 1. The third-order valence-electron chi connectivity index (χ3n) is 1.88. The zero-order valence-corrected chi connectivity index (χ0v) is 8.52. The average Bonchev–Trinajstić information content (AvgIpc) is 2.28. The van der Waals surface area contributed by atoms with Gasteiger partial charge in [0.15, 0.2) is 6.29 Å². The van der Waals surface area contributed by atoms with Gasteiger partial charge in [-0.05, 0) is 19.1 Å². The smallest absolute Gasteiger partial charge is 0.196 e. The van der Waals surface area contributed by atoms with Gasteiger partial charge in [0.1, 0.15) is 23.5 Å². The Bertz CT molecular complexity index is 429. The third-order valence-corrected chi connectivity index (χ3v) is 1.88. The van der Waals surface area contributed by atoms with E-state index in [1.807, 2.05) is 12.1 Å². The second-order valence-electron chi connectivity index (χ2n) is 2.82. The Hall–Kier alpha value is -2.04. The number of hydrogen-bond acceptors (Lipinski definition) is 4. The molecule has 0 heterocycles. The van der Waals surface area contributed by atoms with Gasteiger partial charge in [0.2, 0.25) is 0 Å². The van der Waals surface area contributed by atoms with E-state index in [9.17, 15) is 0 Å². The first-order chi connectivity index (χ1) is 7.22. The van der Waals surface area contributed by atoms with Crippen molar-refractivity contribution in [3.63, 3.8) is 0 Å². The number of nitriles is 2. The molecule has 0 aromatic heterocycles. The van der Waals surface area contributed by atoms with Crippen LogP contribution in [0.25, 0.3) is 0 Å². The Morgan fingerprint density at radius 2 is 2.00 bits per heavy atom. The molecule has 15 heavy (non-hydrogen) atoms. The van der Waals surface area contributed by atoms with Gasteiger partial charge in [-0.1, -0.05) is 6.07 Å². The second-order valence-corrected chi connectivity index (χ2v) is 2.82. The molecule has 4 nitrogen and oxygen atoms in total. The van der Waals surface area contributed by atoms with Crippen molar-refractivity contribution in [1.82, 2.24) is 0 Å². The van der Waals surface area contributed by atoms with Gasteiger partial charge < -0.3 is 9.47 Å². The maximum absolute atomic E-state index is 8.89. The molecular formula is C11H10N2O2. The monoisotopic (exact) mass is 202 g/mol. The van der Waals surface area contributed by atoms with Crippen LogP contribution in [0, 0.1) is 22.7 Å². The predicted octanol–water partition coefficient (Wildman–Crippen LogP) is 1.80. The van der Waals surface area contributed by atoms with Crippen molar-refractivity contribution in [3.05, 3.63) is 29.3 Å². The highest BCUT2D eigenvalue weighted by Crippen LogP contribution is 2.22. The lowest BCUT2D eigenvalue weighted by atomic mass is 10.1. The summed E-state index contributed by atoms with van der Waals surface area (Å²) in [5.74, 6) is 0.367. The minimum Gasteiger partial charge on any atom is -0.464 e. The molecule has 1 aromatic rings. The molecule has 0 spiro atoms. The van der Waals surface area contributed by atoms with Crippen molar-refractivity contribution in [2.24, 2.45) is 0 Å². The number of hydrogen-bond donors (Lipinski definition) is 0. The number of rotatable bonds is 3. The Labute approximate surface area is 88.3 Å². The van der Waals surface area contributed by atoms with Gasteiger partial charge in [0, 0.05) is 7.11 Å². The van der Waals surface area contributed by atoms with E-state index in [-0.39, 0.29) is 5.56 Å². The van der Waals surface area contributed by atoms with Crippen LogP contribution in [0.3, 0.4) is 0 Å². The first kappa shape index (κ1) is 11.0. The predicted molar refractivity (Wildman–Crippen MR) is 53.0 cm³/mol. The standard InChI is InChI=1S/C11H10N2O2/c1-8(14-2)15-11-5-3-4-9(6-12)10(11)7-13/h3-5,8H,1-2H3. The van der Waals surface area contributed by atoms with Crippen molar-refractivity contribution >= 4 is 0 Å². The molecule has 0 aliphatic heterocycles. The number of benzene rings is 1. The van der Waals surface area contributed by atoms with E-state index < -0.39 is 6.29 Å². The first-order valence-corrected chi connectivity index (χ1v) is 4.35. The van der Waals surface area contributed by atoms with Crippen molar-refractivity contribution in [2.75, 3.05) is 7.11 Å². The van der Waals surface area contributed by atoms with Gasteiger partial charge in [-0.15, -0.1) is 0 Å². The molecule has 0 amide bonds. The van der Waals surface area contributed by atoms with Crippen LogP contribution in [-0.4, -0.2) is 13.4 Å². The molecular weight excluding hydrogens is 192 g/mol. The molecule has 1 aromatic carbocycles. The fourth-order valence-electron chi connectivity index (χ4n) is 1.06. The van der Waals surface area contributed by atoms with Gasteiger partial charge in [-0.3, -0.25) is 0 Å². The van der Waals surface area contributed by atoms with E-state index in [1.165, 1.54) is 7.11 Å². The first-order valence-electron chi connectivity index (χ1n) is 4.35. The van der Waals surface area contributed by atoms with E-state index in [0.717, 1.165) is 0 Å². The molecule has 0 bridgehead atoms. The molecule has 0 N–H and O–H groups in total. The van der Waals surface area contributed by atoms with Gasteiger partial charge in [0.05, 0.1) is 5.56 Å². The Morgan fingerprint density at radius 3 is 2.53 bits per heavy atom. The van der Waals surface area contributed by atoms with Gasteiger partial charge in [-0.25, -0.2) is 0 Å². The molecule has 1 unspecified atom stereocenters. The van der Waals surface area contributed by atoms with E-state index >= 15 is 0 Å². The molecule has 0 saturated carbocycles. The van der Waals surface area contributed by atoms with Crippen LogP contribution >= 0.6 is 0 Å². The van der Waals surface area contributed by atoms with Crippen LogP contribution in [0.15, 0.2) is 18.2 Å². The summed E-state index contributed by atoms with van der Waals surface area (Å²) in [6.07, 6.45) is -0.453. The Balaban J connectivity index is 3.09.